The highest BCUT2D eigenvalue weighted by atomic mass is 79.9. The van der Waals surface area contributed by atoms with Crippen LogP contribution in [0.4, 0.5) is 8.78 Å². The zero-order valence-electron chi connectivity index (χ0n) is 10.8. The van der Waals surface area contributed by atoms with E-state index in [4.69, 9.17) is 4.74 Å². The van der Waals surface area contributed by atoms with Gasteiger partial charge < -0.3 is 9.29 Å². The van der Waals surface area contributed by atoms with Gasteiger partial charge in [0.1, 0.15) is 11.6 Å². The SMILES string of the molecule is CC(c1ccc(Oc2ccc(F)cc2F)c(Br)c1)S(=O)[O-]. The molecule has 0 aromatic heterocycles. The zero-order chi connectivity index (χ0) is 15.6. The van der Waals surface area contributed by atoms with Gasteiger partial charge in [0.05, 0.1) is 4.47 Å². The monoisotopic (exact) mass is 375 g/mol. The lowest BCUT2D eigenvalue weighted by Crippen LogP contribution is -2.01. The Hall–Kier alpha value is -1.31. The molecule has 112 valence electrons. The molecule has 2 atom stereocenters. The summed E-state index contributed by atoms with van der Waals surface area (Å²) in [5.74, 6) is -1.33. The molecule has 2 unspecified atom stereocenters. The third-order valence-electron chi connectivity index (χ3n) is 2.83. The Morgan fingerprint density at radius 1 is 1.19 bits per heavy atom. The molecule has 0 radical (unpaired) electrons. The van der Waals surface area contributed by atoms with Gasteiger partial charge in [0.25, 0.3) is 0 Å². The molecule has 0 spiro atoms. The highest BCUT2D eigenvalue weighted by Gasteiger charge is 2.12. The van der Waals surface area contributed by atoms with E-state index in [0.29, 0.717) is 15.8 Å². The number of benzene rings is 2. The van der Waals surface area contributed by atoms with Crippen molar-refractivity contribution in [3.05, 3.63) is 58.1 Å². The molecule has 3 nitrogen and oxygen atoms in total. The van der Waals surface area contributed by atoms with Crippen molar-refractivity contribution >= 4 is 27.0 Å². The molecule has 0 aliphatic heterocycles. The second-order valence-corrected chi connectivity index (χ2v) is 6.35. The molecular formula is C14H10BrF2O3S-. The van der Waals surface area contributed by atoms with Crippen molar-refractivity contribution in [2.75, 3.05) is 0 Å². The summed E-state index contributed by atoms with van der Waals surface area (Å²) >= 11 is 1.00. The highest BCUT2D eigenvalue weighted by molar-refractivity contribution is 9.10. The highest BCUT2D eigenvalue weighted by Crippen LogP contribution is 2.34. The Kier molecular flexibility index (Phi) is 5.08. The summed E-state index contributed by atoms with van der Waals surface area (Å²) in [6.45, 7) is 1.55. The molecule has 0 N–H and O–H groups in total. The minimum Gasteiger partial charge on any atom is -0.772 e. The molecule has 0 saturated heterocycles. The van der Waals surface area contributed by atoms with Crippen molar-refractivity contribution in [1.82, 2.24) is 0 Å². The largest absolute Gasteiger partial charge is 0.772 e. The smallest absolute Gasteiger partial charge is 0.168 e. The summed E-state index contributed by atoms with van der Waals surface area (Å²) in [6, 6.07) is 7.66. The van der Waals surface area contributed by atoms with Gasteiger partial charge in [-0.3, -0.25) is 4.21 Å². The maximum atomic E-state index is 13.5. The molecule has 2 aromatic carbocycles. The predicted octanol–water partition coefficient (Wildman–Crippen LogP) is 4.46. The van der Waals surface area contributed by atoms with Crippen LogP contribution in [0.3, 0.4) is 0 Å². The molecule has 2 aromatic rings. The molecule has 0 aliphatic carbocycles. The van der Waals surface area contributed by atoms with Crippen LogP contribution < -0.4 is 4.74 Å². The standard InChI is InChI=1S/C14H11BrF2O3S/c1-8(21(18)19)9-2-4-13(11(15)6-9)20-14-5-3-10(16)7-12(14)17/h2-8H,1H3,(H,18,19)/p-1. The molecule has 0 amide bonds. The van der Waals surface area contributed by atoms with E-state index in [9.17, 15) is 17.5 Å². The molecule has 0 saturated carbocycles. The summed E-state index contributed by atoms with van der Waals surface area (Å²) < 4.78 is 54.0. The van der Waals surface area contributed by atoms with Crippen molar-refractivity contribution in [3.63, 3.8) is 0 Å². The van der Waals surface area contributed by atoms with Crippen LogP contribution in [0.5, 0.6) is 11.5 Å². The molecule has 0 aliphatic rings. The normalized spacial score (nSPS) is 13.8. The number of halogens is 3. The molecule has 2 rings (SSSR count). The summed E-state index contributed by atoms with van der Waals surface area (Å²) in [4.78, 5) is 0. The fourth-order valence-corrected chi connectivity index (χ4v) is 2.49. The van der Waals surface area contributed by atoms with Gasteiger partial charge in [0.2, 0.25) is 0 Å². The first-order chi connectivity index (χ1) is 9.88. The van der Waals surface area contributed by atoms with Crippen molar-refractivity contribution in [2.45, 2.75) is 12.2 Å². The Morgan fingerprint density at radius 3 is 2.43 bits per heavy atom. The van der Waals surface area contributed by atoms with E-state index >= 15 is 0 Å². The zero-order valence-corrected chi connectivity index (χ0v) is 13.2. The maximum absolute atomic E-state index is 13.5. The van der Waals surface area contributed by atoms with Gasteiger partial charge in [0, 0.05) is 11.3 Å². The second-order valence-electron chi connectivity index (χ2n) is 4.27. The summed E-state index contributed by atoms with van der Waals surface area (Å²) in [7, 11) is 0. The lowest BCUT2D eigenvalue weighted by molar-refractivity contribution is 0.435. The van der Waals surface area contributed by atoms with Crippen molar-refractivity contribution in [3.8, 4) is 11.5 Å². The first kappa shape index (κ1) is 16.1. The average molecular weight is 376 g/mol. The van der Waals surface area contributed by atoms with Gasteiger partial charge in [-0.1, -0.05) is 6.07 Å². The summed E-state index contributed by atoms with van der Waals surface area (Å²) in [6.07, 6.45) is 0. The van der Waals surface area contributed by atoms with Gasteiger partial charge in [-0.15, -0.1) is 0 Å². The van der Waals surface area contributed by atoms with Crippen molar-refractivity contribution in [1.29, 1.82) is 0 Å². The molecule has 0 bridgehead atoms. The van der Waals surface area contributed by atoms with Crippen LogP contribution in [0.25, 0.3) is 0 Å². The van der Waals surface area contributed by atoms with E-state index in [-0.39, 0.29) is 5.75 Å². The van der Waals surface area contributed by atoms with Crippen LogP contribution in [-0.4, -0.2) is 8.76 Å². The van der Waals surface area contributed by atoms with Gasteiger partial charge >= 0.3 is 0 Å². The second kappa shape index (κ2) is 6.64. The van der Waals surface area contributed by atoms with E-state index in [0.717, 1.165) is 12.1 Å². The lowest BCUT2D eigenvalue weighted by atomic mass is 10.1. The Bertz CT molecular complexity index is 694. The van der Waals surface area contributed by atoms with Gasteiger partial charge in [-0.2, -0.15) is 0 Å². The average Bonchev–Trinajstić information content (AvgIpc) is 2.42. The third kappa shape index (κ3) is 3.87. The van der Waals surface area contributed by atoms with E-state index in [1.165, 1.54) is 12.1 Å². The number of hydrogen-bond acceptors (Lipinski definition) is 3. The predicted molar refractivity (Wildman–Crippen MR) is 77.9 cm³/mol. The van der Waals surface area contributed by atoms with Crippen LogP contribution in [-0.2, 0) is 11.1 Å². The fraction of sp³-hybridized carbons (Fsp3) is 0.143. The van der Waals surface area contributed by atoms with Gasteiger partial charge in [0.15, 0.2) is 11.6 Å². The van der Waals surface area contributed by atoms with Crippen LogP contribution >= 0.6 is 15.9 Å². The Balaban J connectivity index is 2.27. The lowest BCUT2D eigenvalue weighted by Gasteiger charge is -2.16. The third-order valence-corrected chi connectivity index (χ3v) is 4.30. The fourth-order valence-electron chi connectivity index (χ4n) is 1.64. The van der Waals surface area contributed by atoms with Crippen LogP contribution in [0.2, 0.25) is 0 Å². The number of hydrogen-bond donors (Lipinski definition) is 0. The van der Waals surface area contributed by atoms with Crippen LogP contribution in [0, 0.1) is 11.6 Å². The quantitative estimate of drug-likeness (QED) is 0.741. The number of rotatable bonds is 4. The summed E-state index contributed by atoms with van der Waals surface area (Å²) in [5, 5.41) is -0.669. The van der Waals surface area contributed by atoms with Crippen molar-refractivity contribution < 1.29 is 22.3 Å². The first-order valence-electron chi connectivity index (χ1n) is 5.89. The molecule has 0 fully saturated rings. The van der Waals surface area contributed by atoms with Crippen LogP contribution in [0.15, 0.2) is 40.9 Å². The van der Waals surface area contributed by atoms with E-state index < -0.39 is 28.0 Å². The Morgan fingerprint density at radius 2 is 1.86 bits per heavy atom. The van der Waals surface area contributed by atoms with E-state index in [2.05, 4.69) is 15.9 Å². The maximum Gasteiger partial charge on any atom is 0.168 e. The topological polar surface area (TPSA) is 49.4 Å². The van der Waals surface area contributed by atoms with E-state index in [1.807, 2.05) is 0 Å². The van der Waals surface area contributed by atoms with Gasteiger partial charge in [-0.05, 0) is 63.8 Å². The van der Waals surface area contributed by atoms with E-state index in [1.54, 1.807) is 19.1 Å². The molecule has 21 heavy (non-hydrogen) atoms. The van der Waals surface area contributed by atoms with Crippen molar-refractivity contribution in [2.24, 2.45) is 0 Å². The minimum absolute atomic E-state index is 0.120. The summed E-state index contributed by atoms with van der Waals surface area (Å²) in [5.41, 5.74) is 0.571. The molecule has 7 heteroatoms. The van der Waals surface area contributed by atoms with Crippen LogP contribution in [0.1, 0.15) is 17.7 Å². The Labute approximate surface area is 131 Å². The first-order valence-corrected chi connectivity index (χ1v) is 7.82. The molecular weight excluding hydrogens is 366 g/mol. The minimum atomic E-state index is -2.23. The van der Waals surface area contributed by atoms with Gasteiger partial charge in [-0.25, -0.2) is 8.78 Å². The molecule has 0 heterocycles. The number of ether oxygens (including phenoxy) is 1.